The highest BCUT2D eigenvalue weighted by Gasteiger charge is 2.56. The van der Waals surface area contributed by atoms with E-state index in [9.17, 15) is 23.9 Å². The molecule has 0 unspecified atom stereocenters. The summed E-state index contributed by atoms with van der Waals surface area (Å²) in [5.74, 6) is -1.43. The number of carbonyl (C=O) groups excluding carboxylic acids is 3. The maximum atomic E-state index is 14.5. The summed E-state index contributed by atoms with van der Waals surface area (Å²) in [5, 5.41) is 10.6. The lowest BCUT2D eigenvalue weighted by Gasteiger charge is -2.28. The molecule has 1 aliphatic heterocycles. The van der Waals surface area contributed by atoms with Gasteiger partial charge in [-0.05, 0) is 42.9 Å². The number of fused-ring (bicyclic) bond motifs is 2. The Bertz CT molecular complexity index is 1340. The minimum absolute atomic E-state index is 0.0172. The lowest BCUT2D eigenvalue weighted by molar-refractivity contribution is -0.139. The van der Waals surface area contributed by atoms with Crippen molar-refractivity contribution in [2.24, 2.45) is 11.8 Å². The van der Waals surface area contributed by atoms with E-state index >= 15 is 0 Å². The number of aliphatic hydroxyl groups excluding tert-OH is 1. The molecule has 1 saturated heterocycles. The zero-order valence-electron chi connectivity index (χ0n) is 19.3. The van der Waals surface area contributed by atoms with Crippen LogP contribution >= 0.6 is 11.6 Å². The molecule has 6 nitrogen and oxygen atoms in total. The molecule has 182 valence electrons. The zero-order chi connectivity index (χ0) is 24.9. The summed E-state index contributed by atoms with van der Waals surface area (Å²) in [6, 6.07) is 11.4. The molecule has 2 aromatic carbocycles. The number of hydrogen-bond donors (Lipinski definition) is 1. The third-order valence-corrected chi connectivity index (χ3v) is 7.65. The zero-order valence-corrected chi connectivity index (χ0v) is 20.0. The number of likely N-dealkylation sites (tertiary alicyclic amines) is 1. The van der Waals surface area contributed by atoms with Gasteiger partial charge in [0, 0.05) is 41.5 Å². The standard InChI is InChI=1S/C27H26ClFN2O4/c1-15(33)21-12-30(23-8-3-2-5-19(21)23)13-25(35)31-11-16-9-20(16)27(31)24(34)10-17(14-32)18-6-4-7-22(28)26(18)29/h2-8,12,16-17,20,27,32H,9-11,13-14H2,1H3/t16-,17+,20-,27-/m0/s1. The molecule has 2 fully saturated rings. The fourth-order valence-corrected chi connectivity index (χ4v) is 5.68. The Kier molecular flexibility index (Phi) is 6.23. The van der Waals surface area contributed by atoms with Crippen LogP contribution in [0.2, 0.25) is 5.02 Å². The summed E-state index contributed by atoms with van der Waals surface area (Å²) >= 11 is 5.89. The van der Waals surface area contributed by atoms with Gasteiger partial charge in [0.1, 0.15) is 12.4 Å². The van der Waals surface area contributed by atoms with Gasteiger partial charge in [-0.15, -0.1) is 0 Å². The summed E-state index contributed by atoms with van der Waals surface area (Å²) < 4.78 is 16.3. The molecule has 0 bridgehead atoms. The van der Waals surface area contributed by atoms with Crippen LogP contribution in [0.1, 0.15) is 41.6 Å². The van der Waals surface area contributed by atoms with Gasteiger partial charge in [-0.1, -0.05) is 41.9 Å². The van der Waals surface area contributed by atoms with Crippen molar-refractivity contribution >= 4 is 40.0 Å². The van der Waals surface area contributed by atoms with Crippen molar-refractivity contribution in [3.8, 4) is 0 Å². The summed E-state index contributed by atoms with van der Waals surface area (Å²) in [4.78, 5) is 40.5. The fraction of sp³-hybridized carbons (Fsp3) is 0.370. The number of benzene rings is 2. The number of ketones is 2. The van der Waals surface area contributed by atoms with Crippen LogP contribution in [-0.4, -0.2) is 51.2 Å². The average molecular weight is 497 g/mol. The molecule has 4 atom stereocenters. The number of nitrogens with zero attached hydrogens (tertiary/aromatic N) is 2. The smallest absolute Gasteiger partial charge is 0.243 e. The molecule has 3 aromatic rings. The van der Waals surface area contributed by atoms with Crippen LogP contribution in [0.4, 0.5) is 4.39 Å². The quantitative estimate of drug-likeness (QED) is 0.474. The number of amides is 1. The van der Waals surface area contributed by atoms with Gasteiger partial charge in [-0.3, -0.25) is 14.4 Å². The summed E-state index contributed by atoms with van der Waals surface area (Å²) in [6.07, 6.45) is 2.51. The van der Waals surface area contributed by atoms with E-state index in [0.717, 1.165) is 17.3 Å². The molecule has 8 heteroatoms. The van der Waals surface area contributed by atoms with Crippen molar-refractivity contribution in [2.75, 3.05) is 13.2 Å². The Morgan fingerprint density at radius 3 is 2.69 bits per heavy atom. The second-order valence-electron chi connectivity index (χ2n) is 9.59. The molecule has 0 spiro atoms. The third-order valence-electron chi connectivity index (χ3n) is 7.36. The molecule has 1 saturated carbocycles. The van der Waals surface area contributed by atoms with Crippen molar-refractivity contribution in [1.82, 2.24) is 9.47 Å². The molecule has 35 heavy (non-hydrogen) atoms. The van der Waals surface area contributed by atoms with E-state index in [2.05, 4.69) is 0 Å². The van der Waals surface area contributed by atoms with Gasteiger partial charge in [0.2, 0.25) is 5.91 Å². The summed E-state index contributed by atoms with van der Waals surface area (Å²) in [5.41, 5.74) is 1.54. The van der Waals surface area contributed by atoms with E-state index < -0.39 is 24.4 Å². The van der Waals surface area contributed by atoms with Gasteiger partial charge in [-0.25, -0.2) is 4.39 Å². The number of Topliss-reactive ketones (excluding diaryl/α,β-unsaturated/α-hetero) is 2. The first-order valence-corrected chi connectivity index (χ1v) is 12.1. The molecule has 5 rings (SSSR count). The van der Waals surface area contributed by atoms with Crippen molar-refractivity contribution < 1.29 is 23.9 Å². The normalized spacial score (nSPS) is 21.7. The lowest BCUT2D eigenvalue weighted by atomic mass is 9.90. The largest absolute Gasteiger partial charge is 0.396 e. The first kappa shape index (κ1) is 23.7. The van der Waals surface area contributed by atoms with E-state index in [-0.39, 0.29) is 52.9 Å². The van der Waals surface area contributed by atoms with E-state index in [1.54, 1.807) is 21.7 Å². The van der Waals surface area contributed by atoms with Crippen LogP contribution < -0.4 is 0 Å². The minimum Gasteiger partial charge on any atom is -0.396 e. The maximum Gasteiger partial charge on any atom is 0.243 e. The number of rotatable bonds is 8. The highest BCUT2D eigenvalue weighted by molar-refractivity contribution is 6.30. The van der Waals surface area contributed by atoms with Crippen LogP contribution in [-0.2, 0) is 16.1 Å². The number of aromatic nitrogens is 1. The van der Waals surface area contributed by atoms with E-state index in [4.69, 9.17) is 11.6 Å². The van der Waals surface area contributed by atoms with Gasteiger partial charge >= 0.3 is 0 Å². The van der Waals surface area contributed by atoms with Gasteiger partial charge in [-0.2, -0.15) is 0 Å². The number of halogens is 2. The summed E-state index contributed by atoms with van der Waals surface area (Å²) in [6.45, 7) is 1.62. The minimum atomic E-state index is -0.734. The first-order valence-electron chi connectivity index (χ1n) is 11.8. The Hall–Kier alpha value is -3.03. The monoisotopic (exact) mass is 496 g/mol. The third kappa shape index (κ3) is 4.28. The Morgan fingerprint density at radius 1 is 1.17 bits per heavy atom. The van der Waals surface area contributed by atoms with Crippen LogP contribution in [0.3, 0.4) is 0 Å². The Labute approximate surface area is 207 Å². The molecule has 1 amide bonds. The molecule has 1 aliphatic carbocycles. The Balaban J connectivity index is 1.36. The number of aliphatic hydroxyl groups is 1. The highest BCUT2D eigenvalue weighted by atomic mass is 35.5. The number of hydrogen-bond acceptors (Lipinski definition) is 4. The van der Waals surface area contributed by atoms with E-state index in [1.165, 1.54) is 19.1 Å². The molecular weight excluding hydrogens is 471 g/mol. The number of carbonyl (C=O) groups is 3. The topological polar surface area (TPSA) is 79.6 Å². The van der Waals surface area contributed by atoms with Crippen molar-refractivity contribution in [3.05, 3.63) is 70.6 Å². The van der Waals surface area contributed by atoms with Crippen LogP contribution in [0, 0.1) is 17.7 Å². The Morgan fingerprint density at radius 2 is 1.94 bits per heavy atom. The average Bonchev–Trinajstić information content (AvgIpc) is 3.34. The predicted octanol–water partition coefficient (Wildman–Crippen LogP) is 4.22. The maximum absolute atomic E-state index is 14.5. The molecular formula is C27H26ClFN2O4. The number of para-hydroxylation sites is 1. The highest BCUT2D eigenvalue weighted by Crippen LogP contribution is 2.50. The predicted molar refractivity (Wildman–Crippen MR) is 130 cm³/mol. The van der Waals surface area contributed by atoms with Gasteiger partial charge in [0.05, 0.1) is 17.7 Å². The van der Waals surface area contributed by atoms with Crippen molar-refractivity contribution in [2.45, 2.75) is 38.3 Å². The number of piperidine rings is 1. The summed E-state index contributed by atoms with van der Waals surface area (Å²) in [7, 11) is 0. The van der Waals surface area contributed by atoms with Gasteiger partial charge in [0.25, 0.3) is 0 Å². The second-order valence-corrected chi connectivity index (χ2v) is 9.99. The van der Waals surface area contributed by atoms with Gasteiger partial charge in [0.15, 0.2) is 11.6 Å². The van der Waals surface area contributed by atoms with Crippen LogP contribution in [0.25, 0.3) is 10.9 Å². The van der Waals surface area contributed by atoms with Gasteiger partial charge < -0.3 is 14.6 Å². The lowest BCUT2D eigenvalue weighted by Crippen LogP contribution is -2.45. The molecule has 1 N–H and O–H groups in total. The van der Waals surface area contributed by atoms with Crippen molar-refractivity contribution in [1.29, 1.82) is 0 Å². The van der Waals surface area contributed by atoms with E-state index in [0.29, 0.717) is 12.1 Å². The second kappa shape index (κ2) is 9.21. The SMILES string of the molecule is CC(=O)c1cn(CC(=O)N2C[C@@H]3C[C@@H]3[C@H]2C(=O)C[C@H](CO)c2cccc(Cl)c2F)c2ccccc12. The molecule has 2 heterocycles. The fourth-order valence-electron chi connectivity index (χ4n) is 5.50. The molecule has 1 aromatic heterocycles. The van der Waals surface area contributed by atoms with Crippen LogP contribution in [0.5, 0.6) is 0 Å². The van der Waals surface area contributed by atoms with Crippen LogP contribution in [0.15, 0.2) is 48.7 Å². The molecule has 0 radical (unpaired) electrons. The van der Waals surface area contributed by atoms with Crippen molar-refractivity contribution in [3.63, 3.8) is 0 Å². The van der Waals surface area contributed by atoms with E-state index in [1.807, 2.05) is 24.3 Å². The molecule has 2 aliphatic rings. The first-order chi connectivity index (χ1) is 16.8.